The molecular formula is C12H14N2O2. The minimum atomic E-state index is -0.900. The molecule has 0 spiro atoms. The molecule has 0 aliphatic rings. The molecule has 1 heterocycles. The molecule has 0 aliphatic carbocycles. The lowest BCUT2D eigenvalue weighted by Gasteiger charge is -2.20. The van der Waals surface area contributed by atoms with Gasteiger partial charge in [0.25, 0.3) is 0 Å². The third-order valence-electron chi connectivity index (χ3n) is 3.00. The van der Waals surface area contributed by atoms with Gasteiger partial charge in [0.1, 0.15) is 0 Å². The van der Waals surface area contributed by atoms with Crippen molar-refractivity contribution in [3.05, 3.63) is 30.0 Å². The minimum absolute atomic E-state index is 0.797. The average Bonchev–Trinajstić information content (AvgIpc) is 2.60. The highest BCUT2D eigenvalue weighted by atomic mass is 16.4. The first-order valence-corrected chi connectivity index (χ1v) is 5.09. The van der Waals surface area contributed by atoms with Crippen LogP contribution < -0.4 is 0 Å². The van der Waals surface area contributed by atoms with Crippen molar-refractivity contribution < 1.29 is 9.90 Å². The van der Waals surface area contributed by atoms with E-state index in [0.717, 1.165) is 16.5 Å². The van der Waals surface area contributed by atoms with Gasteiger partial charge in [-0.25, -0.2) is 0 Å². The maximum Gasteiger partial charge on any atom is 0.313 e. The highest BCUT2D eigenvalue weighted by Crippen LogP contribution is 2.30. The van der Waals surface area contributed by atoms with Gasteiger partial charge < -0.3 is 5.11 Å². The van der Waals surface area contributed by atoms with E-state index in [4.69, 9.17) is 0 Å². The third kappa shape index (κ3) is 1.38. The van der Waals surface area contributed by atoms with Crippen LogP contribution in [0.3, 0.4) is 0 Å². The summed E-state index contributed by atoms with van der Waals surface area (Å²) in [5.74, 6) is -0.830. The largest absolute Gasteiger partial charge is 0.481 e. The van der Waals surface area contributed by atoms with E-state index in [1.54, 1.807) is 24.7 Å². The number of hydrogen-bond donors (Lipinski definition) is 1. The fourth-order valence-corrected chi connectivity index (χ4v) is 1.84. The average molecular weight is 218 g/mol. The Labute approximate surface area is 93.5 Å². The van der Waals surface area contributed by atoms with E-state index in [9.17, 15) is 9.90 Å². The van der Waals surface area contributed by atoms with Gasteiger partial charge >= 0.3 is 5.97 Å². The molecule has 0 bridgehead atoms. The summed E-state index contributed by atoms with van der Waals surface area (Å²) in [5, 5.41) is 14.3. The van der Waals surface area contributed by atoms with Crippen LogP contribution in [0.4, 0.5) is 0 Å². The SMILES string of the molecule is Cn1ncc2c(C(C)(C)C(=O)O)cccc21. The van der Waals surface area contributed by atoms with Crippen molar-refractivity contribution in [1.82, 2.24) is 9.78 Å². The molecule has 16 heavy (non-hydrogen) atoms. The summed E-state index contributed by atoms with van der Waals surface area (Å²) >= 11 is 0. The number of carbonyl (C=O) groups is 1. The number of hydrogen-bond acceptors (Lipinski definition) is 2. The monoisotopic (exact) mass is 218 g/mol. The number of aromatic nitrogens is 2. The normalized spacial score (nSPS) is 11.9. The van der Waals surface area contributed by atoms with Gasteiger partial charge in [0.2, 0.25) is 0 Å². The van der Waals surface area contributed by atoms with Crippen LogP contribution >= 0.6 is 0 Å². The Morgan fingerprint density at radius 3 is 2.75 bits per heavy atom. The standard InChI is InChI=1S/C12H14N2O2/c1-12(2,11(15)16)9-5-4-6-10-8(9)7-13-14(10)3/h4-7H,1-3H3,(H,15,16). The quantitative estimate of drug-likeness (QED) is 0.838. The van der Waals surface area contributed by atoms with E-state index in [2.05, 4.69) is 5.10 Å². The molecule has 0 aliphatic heterocycles. The summed E-state index contributed by atoms with van der Waals surface area (Å²) in [7, 11) is 1.85. The molecule has 0 fully saturated rings. The van der Waals surface area contributed by atoms with Crippen molar-refractivity contribution in [3.8, 4) is 0 Å². The molecule has 0 saturated heterocycles. The molecule has 1 aromatic heterocycles. The highest BCUT2D eigenvalue weighted by molar-refractivity contribution is 5.90. The molecule has 2 aromatic rings. The second-order valence-corrected chi connectivity index (χ2v) is 4.44. The lowest BCUT2D eigenvalue weighted by Crippen LogP contribution is -2.28. The van der Waals surface area contributed by atoms with Crippen molar-refractivity contribution in [2.75, 3.05) is 0 Å². The summed E-state index contributed by atoms with van der Waals surface area (Å²) in [6.07, 6.45) is 1.72. The van der Waals surface area contributed by atoms with Gasteiger partial charge in [-0.1, -0.05) is 12.1 Å². The first-order chi connectivity index (χ1) is 7.44. The summed E-state index contributed by atoms with van der Waals surface area (Å²) in [6, 6.07) is 5.64. The zero-order valence-corrected chi connectivity index (χ0v) is 9.56. The number of fused-ring (bicyclic) bond motifs is 1. The molecule has 2 rings (SSSR count). The number of rotatable bonds is 2. The van der Waals surface area contributed by atoms with Crippen LogP contribution in [0.25, 0.3) is 10.9 Å². The predicted molar refractivity (Wildman–Crippen MR) is 61.4 cm³/mol. The smallest absolute Gasteiger partial charge is 0.313 e. The van der Waals surface area contributed by atoms with E-state index in [0.29, 0.717) is 0 Å². The van der Waals surface area contributed by atoms with Gasteiger partial charge in [-0.2, -0.15) is 5.10 Å². The van der Waals surface area contributed by atoms with Gasteiger partial charge in [-0.05, 0) is 25.5 Å². The Kier molecular flexibility index (Phi) is 2.22. The van der Waals surface area contributed by atoms with E-state index < -0.39 is 11.4 Å². The molecular weight excluding hydrogens is 204 g/mol. The Morgan fingerprint density at radius 2 is 2.12 bits per heavy atom. The first kappa shape index (κ1) is 10.7. The molecule has 1 N–H and O–H groups in total. The number of aryl methyl sites for hydroxylation is 1. The van der Waals surface area contributed by atoms with Crippen molar-refractivity contribution in [3.63, 3.8) is 0 Å². The molecule has 1 aromatic carbocycles. The van der Waals surface area contributed by atoms with Crippen molar-refractivity contribution in [2.24, 2.45) is 7.05 Å². The van der Waals surface area contributed by atoms with Crippen LogP contribution in [0.2, 0.25) is 0 Å². The summed E-state index contributed by atoms with van der Waals surface area (Å²) < 4.78 is 1.75. The Bertz CT molecular complexity index is 555. The fourth-order valence-electron chi connectivity index (χ4n) is 1.84. The summed E-state index contributed by atoms with van der Waals surface area (Å²) in [4.78, 5) is 11.2. The van der Waals surface area contributed by atoms with Gasteiger partial charge in [-0.15, -0.1) is 0 Å². The van der Waals surface area contributed by atoms with Crippen LogP contribution in [0.15, 0.2) is 24.4 Å². The number of carboxylic acid groups (broad SMARTS) is 1. The number of nitrogens with zero attached hydrogens (tertiary/aromatic N) is 2. The Morgan fingerprint density at radius 1 is 1.44 bits per heavy atom. The Hall–Kier alpha value is -1.84. The third-order valence-corrected chi connectivity index (χ3v) is 3.00. The topological polar surface area (TPSA) is 55.1 Å². The molecule has 4 heteroatoms. The van der Waals surface area contributed by atoms with Crippen LogP contribution in [0, 0.1) is 0 Å². The van der Waals surface area contributed by atoms with Crippen LogP contribution in [0.5, 0.6) is 0 Å². The van der Waals surface area contributed by atoms with E-state index in [-0.39, 0.29) is 0 Å². The van der Waals surface area contributed by atoms with E-state index in [1.807, 2.05) is 25.2 Å². The Balaban J connectivity index is 2.75. The maximum absolute atomic E-state index is 11.2. The van der Waals surface area contributed by atoms with Crippen LogP contribution in [0.1, 0.15) is 19.4 Å². The lowest BCUT2D eigenvalue weighted by molar-refractivity contribution is -0.142. The minimum Gasteiger partial charge on any atom is -0.481 e. The number of benzene rings is 1. The van der Waals surface area contributed by atoms with Gasteiger partial charge in [-0.3, -0.25) is 9.48 Å². The van der Waals surface area contributed by atoms with Crippen LogP contribution in [-0.4, -0.2) is 20.9 Å². The van der Waals surface area contributed by atoms with E-state index in [1.165, 1.54) is 0 Å². The number of carboxylic acids is 1. The highest BCUT2D eigenvalue weighted by Gasteiger charge is 2.31. The second-order valence-electron chi connectivity index (χ2n) is 4.44. The lowest BCUT2D eigenvalue weighted by atomic mass is 9.83. The predicted octanol–water partition coefficient (Wildman–Crippen LogP) is 1.94. The molecule has 0 amide bonds. The van der Waals surface area contributed by atoms with E-state index >= 15 is 0 Å². The molecule has 0 unspecified atom stereocenters. The van der Waals surface area contributed by atoms with Crippen molar-refractivity contribution >= 4 is 16.9 Å². The zero-order chi connectivity index (χ0) is 11.9. The molecule has 0 saturated carbocycles. The maximum atomic E-state index is 11.2. The molecule has 4 nitrogen and oxygen atoms in total. The molecule has 0 radical (unpaired) electrons. The van der Waals surface area contributed by atoms with Crippen molar-refractivity contribution in [1.29, 1.82) is 0 Å². The van der Waals surface area contributed by atoms with Crippen molar-refractivity contribution in [2.45, 2.75) is 19.3 Å². The van der Waals surface area contributed by atoms with Gasteiger partial charge in [0, 0.05) is 12.4 Å². The molecule has 84 valence electrons. The summed E-state index contributed by atoms with van der Waals surface area (Å²) in [6.45, 7) is 3.41. The fraction of sp³-hybridized carbons (Fsp3) is 0.333. The first-order valence-electron chi connectivity index (χ1n) is 5.09. The van der Waals surface area contributed by atoms with Crippen LogP contribution in [-0.2, 0) is 17.3 Å². The summed E-state index contributed by atoms with van der Waals surface area (Å²) in [5.41, 5.74) is 0.847. The van der Waals surface area contributed by atoms with Gasteiger partial charge in [0.15, 0.2) is 0 Å². The van der Waals surface area contributed by atoms with Gasteiger partial charge in [0.05, 0.1) is 17.1 Å². The second kappa shape index (κ2) is 3.33. The number of aliphatic carboxylic acids is 1. The zero-order valence-electron chi connectivity index (χ0n) is 9.56. The molecule has 0 atom stereocenters.